The first kappa shape index (κ1) is 7.98. The lowest BCUT2D eigenvalue weighted by Crippen LogP contribution is -2.24. The molecule has 0 aromatic rings. The lowest BCUT2D eigenvalue weighted by atomic mass is 10.2. The second kappa shape index (κ2) is 3.32. The molecule has 0 spiro atoms. The van der Waals surface area contributed by atoms with Gasteiger partial charge in [0, 0.05) is 6.04 Å². The van der Waals surface area contributed by atoms with E-state index in [1.807, 2.05) is 0 Å². The van der Waals surface area contributed by atoms with E-state index in [4.69, 9.17) is 5.26 Å². The van der Waals surface area contributed by atoms with Crippen LogP contribution in [0.1, 0.15) is 26.2 Å². The zero-order chi connectivity index (χ0) is 7.56. The molecule has 3 heteroatoms. The number of nitriles is 1. The summed E-state index contributed by atoms with van der Waals surface area (Å²) in [5.41, 5.74) is 0. The van der Waals surface area contributed by atoms with E-state index >= 15 is 0 Å². The minimum Gasteiger partial charge on any atom is -0.269 e. The minimum absolute atomic E-state index is 0.148. The van der Waals surface area contributed by atoms with E-state index in [1.165, 1.54) is 6.42 Å². The summed E-state index contributed by atoms with van der Waals surface area (Å²) in [6.07, 6.45) is 3.37. The molecule has 0 N–H and O–H groups in total. The highest BCUT2D eigenvalue weighted by Gasteiger charge is 2.28. The Morgan fingerprint density at radius 1 is 1.70 bits per heavy atom. The van der Waals surface area contributed by atoms with E-state index < -0.39 is 0 Å². The Kier molecular flexibility index (Phi) is 2.65. The lowest BCUT2D eigenvalue weighted by Gasteiger charge is -2.19. The van der Waals surface area contributed by atoms with Gasteiger partial charge in [0.1, 0.15) is 6.04 Å². The van der Waals surface area contributed by atoms with Crippen LogP contribution in [0.2, 0.25) is 0 Å². The van der Waals surface area contributed by atoms with Gasteiger partial charge in [-0.25, -0.2) is 0 Å². The molecule has 3 atom stereocenters. The lowest BCUT2D eigenvalue weighted by molar-refractivity contribution is 0.389. The maximum atomic E-state index is 8.64. The molecule has 0 aromatic carbocycles. The predicted octanol–water partition coefficient (Wildman–Crippen LogP) is 1.54. The Morgan fingerprint density at radius 3 is 2.70 bits per heavy atom. The molecule has 1 unspecified atom stereocenters. The summed E-state index contributed by atoms with van der Waals surface area (Å²) >= 11 is 0. The Hall–Kier alpha value is -0.120. The average molecular weight is 156 g/mol. The first-order valence-electron chi connectivity index (χ1n) is 3.72. The first-order valence-corrected chi connectivity index (χ1v) is 4.24. The van der Waals surface area contributed by atoms with Gasteiger partial charge < -0.3 is 0 Å². The third kappa shape index (κ3) is 1.31. The summed E-state index contributed by atoms with van der Waals surface area (Å²) in [7, 11) is 2.65. The van der Waals surface area contributed by atoms with Crippen molar-refractivity contribution in [1.29, 1.82) is 5.26 Å². The number of rotatable bonds is 1. The molecule has 1 aliphatic rings. The number of hydrogen-bond donors (Lipinski definition) is 0. The van der Waals surface area contributed by atoms with Crippen molar-refractivity contribution in [2.24, 2.45) is 0 Å². The summed E-state index contributed by atoms with van der Waals surface area (Å²) in [6, 6.07) is 3.05. The van der Waals surface area contributed by atoms with Gasteiger partial charge in [0.25, 0.3) is 0 Å². The fourth-order valence-corrected chi connectivity index (χ4v) is 2.02. The van der Waals surface area contributed by atoms with Crippen LogP contribution < -0.4 is 0 Å². The van der Waals surface area contributed by atoms with E-state index in [1.54, 1.807) is 0 Å². The van der Waals surface area contributed by atoms with Crippen LogP contribution in [0.3, 0.4) is 0 Å². The molecule has 0 saturated carbocycles. The summed E-state index contributed by atoms with van der Waals surface area (Å²) in [5, 5.41) is 8.64. The number of nitrogens with zero attached hydrogens (tertiary/aromatic N) is 2. The normalized spacial score (nSPS) is 34.1. The van der Waals surface area contributed by atoms with Crippen LogP contribution in [0.15, 0.2) is 0 Å². The SMILES string of the molecule is CC[C@H]1CC[C@H](C#N)N1P. The molecule has 2 nitrogen and oxygen atoms in total. The third-order valence-electron chi connectivity index (χ3n) is 2.18. The van der Waals surface area contributed by atoms with E-state index in [0.29, 0.717) is 6.04 Å². The van der Waals surface area contributed by atoms with Crippen LogP contribution in [-0.4, -0.2) is 16.8 Å². The van der Waals surface area contributed by atoms with Gasteiger partial charge in [0.2, 0.25) is 0 Å². The maximum absolute atomic E-state index is 8.64. The van der Waals surface area contributed by atoms with Crippen LogP contribution in [-0.2, 0) is 0 Å². The van der Waals surface area contributed by atoms with Crippen molar-refractivity contribution in [3.05, 3.63) is 0 Å². The number of hydrogen-bond acceptors (Lipinski definition) is 2. The molecule has 1 heterocycles. The molecular weight excluding hydrogens is 143 g/mol. The molecule has 0 radical (unpaired) electrons. The fraction of sp³-hybridized carbons (Fsp3) is 0.857. The highest BCUT2D eigenvalue weighted by atomic mass is 31.0. The summed E-state index contributed by atoms with van der Waals surface area (Å²) < 4.78 is 2.11. The summed E-state index contributed by atoms with van der Waals surface area (Å²) in [5.74, 6) is 0. The molecule has 56 valence electrons. The van der Waals surface area contributed by atoms with Crippen LogP contribution in [0.4, 0.5) is 0 Å². The molecule has 10 heavy (non-hydrogen) atoms. The zero-order valence-electron chi connectivity index (χ0n) is 6.25. The largest absolute Gasteiger partial charge is 0.269 e. The van der Waals surface area contributed by atoms with Crippen molar-refractivity contribution >= 4 is 9.39 Å². The van der Waals surface area contributed by atoms with Crippen molar-refractivity contribution in [2.45, 2.75) is 38.3 Å². The van der Waals surface area contributed by atoms with Gasteiger partial charge >= 0.3 is 0 Å². The molecule has 1 aliphatic heterocycles. The minimum atomic E-state index is 0.148. The van der Waals surface area contributed by atoms with E-state index in [-0.39, 0.29) is 6.04 Å². The molecule has 1 fully saturated rings. The Labute approximate surface area is 64.5 Å². The van der Waals surface area contributed by atoms with Crippen molar-refractivity contribution in [1.82, 2.24) is 4.67 Å². The van der Waals surface area contributed by atoms with Crippen LogP contribution in [0.25, 0.3) is 0 Å². The monoisotopic (exact) mass is 156 g/mol. The maximum Gasteiger partial charge on any atom is 0.101 e. The van der Waals surface area contributed by atoms with Gasteiger partial charge in [-0.2, -0.15) is 5.26 Å². The van der Waals surface area contributed by atoms with E-state index in [9.17, 15) is 0 Å². The quantitative estimate of drug-likeness (QED) is 0.538. The standard InChI is InChI=1S/C7H13N2P/c1-2-6-3-4-7(5-8)9(6)10/h6-7H,2-4,10H2,1H3/t6-,7+/m0/s1. The van der Waals surface area contributed by atoms with Crippen LogP contribution >= 0.6 is 9.39 Å². The topological polar surface area (TPSA) is 27.0 Å². The van der Waals surface area contributed by atoms with Gasteiger partial charge in [-0.05, 0) is 19.3 Å². The second-order valence-corrected chi connectivity index (χ2v) is 3.33. The Balaban J connectivity index is 2.51. The van der Waals surface area contributed by atoms with E-state index in [0.717, 1.165) is 12.8 Å². The van der Waals surface area contributed by atoms with Gasteiger partial charge in [0.15, 0.2) is 0 Å². The van der Waals surface area contributed by atoms with E-state index in [2.05, 4.69) is 27.1 Å². The summed E-state index contributed by atoms with van der Waals surface area (Å²) in [4.78, 5) is 0. The highest BCUT2D eigenvalue weighted by molar-refractivity contribution is 7.13. The van der Waals surface area contributed by atoms with Gasteiger partial charge in [0.05, 0.1) is 6.07 Å². The third-order valence-corrected chi connectivity index (χ3v) is 2.96. The van der Waals surface area contributed by atoms with Crippen LogP contribution in [0.5, 0.6) is 0 Å². The van der Waals surface area contributed by atoms with Crippen molar-refractivity contribution in [3.8, 4) is 6.07 Å². The van der Waals surface area contributed by atoms with Crippen molar-refractivity contribution in [2.75, 3.05) is 0 Å². The van der Waals surface area contributed by atoms with Gasteiger partial charge in [-0.1, -0.05) is 16.3 Å². The van der Waals surface area contributed by atoms with Crippen LogP contribution in [0, 0.1) is 11.3 Å². The molecule has 1 rings (SSSR count). The molecule has 0 aliphatic carbocycles. The second-order valence-electron chi connectivity index (χ2n) is 2.73. The Bertz CT molecular complexity index is 152. The Morgan fingerprint density at radius 2 is 2.40 bits per heavy atom. The molecule has 0 aromatic heterocycles. The smallest absolute Gasteiger partial charge is 0.101 e. The molecule has 0 bridgehead atoms. The average Bonchev–Trinajstić information content (AvgIpc) is 2.30. The summed E-state index contributed by atoms with van der Waals surface area (Å²) in [6.45, 7) is 2.17. The van der Waals surface area contributed by atoms with Gasteiger partial charge in [-0.3, -0.25) is 4.67 Å². The molecule has 1 saturated heterocycles. The fourth-order valence-electron chi connectivity index (χ4n) is 1.45. The van der Waals surface area contributed by atoms with Gasteiger partial charge in [-0.15, -0.1) is 0 Å². The van der Waals surface area contributed by atoms with Crippen molar-refractivity contribution < 1.29 is 0 Å². The highest BCUT2D eigenvalue weighted by Crippen LogP contribution is 2.28. The van der Waals surface area contributed by atoms with Crippen molar-refractivity contribution in [3.63, 3.8) is 0 Å². The first-order chi connectivity index (χ1) is 4.79. The molecule has 0 amide bonds. The predicted molar refractivity (Wildman–Crippen MR) is 44.3 cm³/mol. The molecular formula is C7H13N2P. The zero-order valence-corrected chi connectivity index (χ0v) is 7.40.